The second-order valence-electron chi connectivity index (χ2n) is 5.26. The molecule has 0 atom stereocenters. The molecule has 0 spiro atoms. The van der Waals surface area contributed by atoms with Crippen LogP contribution in [-0.2, 0) is 14.8 Å². The minimum Gasteiger partial charge on any atom is -0.381 e. The van der Waals surface area contributed by atoms with E-state index in [-0.39, 0.29) is 10.3 Å². The normalized spacial score (nSPS) is 18.7. The van der Waals surface area contributed by atoms with E-state index >= 15 is 0 Å². The van der Waals surface area contributed by atoms with Gasteiger partial charge in [0.25, 0.3) is 0 Å². The molecule has 20 heavy (non-hydrogen) atoms. The molecule has 112 valence electrons. The molecule has 0 saturated carbocycles. The molecular formula is C12H20N4O3S. The van der Waals surface area contributed by atoms with Crippen LogP contribution >= 0.6 is 0 Å². The van der Waals surface area contributed by atoms with Gasteiger partial charge in [-0.15, -0.1) is 0 Å². The van der Waals surface area contributed by atoms with Crippen molar-refractivity contribution >= 4 is 15.7 Å². The third-order valence-corrected chi connectivity index (χ3v) is 5.05. The van der Waals surface area contributed by atoms with E-state index in [2.05, 4.69) is 22.1 Å². The number of nitrogens with one attached hydrogen (secondary N) is 2. The fourth-order valence-electron chi connectivity index (χ4n) is 2.10. The lowest BCUT2D eigenvalue weighted by Crippen LogP contribution is -2.39. The largest absolute Gasteiger partial charge is 0.381 e. The van der Waals surface area contributed by atoms with Gasteiger partial charge in [0.05, 0.1) is 5.69 Å². The average molecular weight is 300 g/mol. The van der Waals surface area contributed by atoms with Crippen LogP contribution in [0.5, 0.6) is 0 Å². The number of aromatic nitrogens is 1. The number of pyridine rings is 1. The number of sulfonamides is 1. The van der Waals surface area contributed by atoms with Crippen LogP contribution in [0.25, 0.3) is 0 Å². The van der Waals surface area contributed by atoms with Gasteiger partial charge in [0.15, 0.2) is 0 Å². The Morgan fingerprint density at radius 2 is 2.15 bits per heavy atom. The number of ether oxygens (including phenoxy) is 1. The van der Waals surface area contributed by atoms with Gasteiger partial charge in [0.1, 0.15) is 4.90 Å². The van der Waals surface area contributed by atoms with Crippen molar-refractivity contribution in [2.45, 2.75) is 24.7 Å². The van der Waals surface area contributed by atoms with E-state index in [9.17, 15) is 8.42 Å². The first-order valence-corrected chi connectivity index (χ1v) is 7.93. The lowest BCUT2D eigenvalue weighted by Gasteiger charge is -2.33. The zero-order valence-electron chi connectivity index (χ0n) is 11.4. The predicted octanol–water partition coefficient (Wildman–Crippen LogP) is 0.462. The zero-order valence-corrected chi connectivity index (χ0v) is 12.2. The van der Waals surface area contributed by atoms with E-state index in [0.717, 1.165) is 12.8 Å². The summed E-state index contributed by atoms with van der Waals surface area (Å²) in [7, 11) is -3.64. The number of hydrogen-bond donors (Lipinski definition) is 3. The molecule has 0 aliphatic carbocycles. The number of anilines is 1. The Bertz CT molecular complexity index is 556. The second-order valence-corrected chi connectivity index (χ2v) is 7.00. The Morgan fingerprint density at radius 3 is 2.80 bits per heavy atom. The van der Waals surface area contributed by atoms with Crippen LogP contribution in [-0.4, -0.2) is 33.2 Å². The van der Waals surface area contributed by atoms with Crippen molar-refractivity contribution in [1.82, 2.24) is 9.71 Å². The van der Waals surface area contributed by atoms with Crippen LogP contribution in [0, 0.1) is 5.41 Å². The predicted molar refractivity (Wildman–Crippen MR) is 75.4 cm³/mol. The topological polar surface area (TPSA) is 106 Å². The SMILES string of the molecule is CC1(CNS(=O)(=O)c2cnccc2NN)CCOCC1. The Labute approximate surface area is 118 Å². The highest BCUT2D eigenvalue weighted by Crippen LogP contribution is 2.29. The number of nitrogen functional groups attached to an aromatic ring is 1. The summed E-state index contributed by atoms with van der Waals surface area (Å²) < 4.78 is 32.6. The lowest BCUT2D eigenvalue weighted by atomic mass is 9.83. The molecule has 0 bridgehead atoms. The van der Waals surface area contributed by atoms with Gasteiger partial charge >= 0.3 is 0 Å². The van der Waals surface area contributed by atoms with Crippen LogP contribution in [0.2, 0.25) is 0 Å². The van der Waals surface area contributed by atoms with Gasteiger partial charge in [-0.3, -0.25) is 10.8 Å². The molecule has 0 aromatic carbocycles. The van der Waals surface area contributed by atoms with Gasteiger partial charge in [-0.25, -0.2) is 13.1 Å². The molecule has 2 heterocycles. The van der Waals surface area contributed by atoms with Crippen molar-refractivity contribution in [2.24, 2.45) is 11.3 Å². The van der Waals surface area contributed by atoms with Crippen LogP contribution in [0.3, 0.4) is 0 Å². The number of nitrogens with zero attached hydrogens (tertiary/aromatic N) is 1. The first-order chi connectivity index (χ1) is 9.47. The molecule has 2 rings (SSSR count). The second kappa shape index (κ2) is 6.04. The van der Waals surface area contributed by atoms with E-state index in [4.69, 9.17) is 10.6 Å². The summed E-state index contributed by atoms with van der Waals surface area (Å²) in [5.41, 5.74) is 2.61. The van der Waals surface area contributed by atoms with Gasteiger partial charge in [0.2, 0.25) is 10.0 Å². The number of hydrazine groups is 1. The summed E-state index contributed by atoms with van der Waals surface area (Å²) in [5, 5.41) is 0. The summed E-state index contributed by atoms with van der Waals surface area (Å²) in [6.45, 7) is 3.77. The van der Waals surface area contributed by atoms with E-state index in [1.54, 1.807) is 0 Å². The molecular weight excluding hydrogens is 280 g/mol. The molecule has 1 aromatic heterocycles. The number of hydrogen-bond acceptors (Lipinski definition) is 6. The Kier molecular flexibility index (Phi) is 4.59. The number of nitrogens with two attached hydrogens (primary N) is 1. The molecule has 0 radical (unpaired) electrons. The molecule has 1 aliphatic heterocycles. The zero-order chi connectivity index (χ0) is 14.6. The van der Waals surface area contributed by atoms with Crippen molar-refractivity contribution in [3.05, 3.63) is 18.5 Å². The lowest BCUT2D eigenvalue weighted by molar-refractivity contribution is 0.0265. The maximum Gasteiger partial charge on any atom is 0.244 e. The standard InChI is InChI=1S/C12H20N4O3S/c1-12(3-6-19-7-4-12)9-15-20(17,18)11-8-14-5-2-10(11)16-13/h2,5,8,15H,3-4,6-7,9,13H2,1H3,(H,14,16). The molecule has 1 fully saturated rings. The highest BCUT2D eigenvalue weighted by atomic mass is 32.2. The Balaban J connectivity index is 2.11. The fourth-order valence-corrected chi connectivity index (χ4v) is 3.41. The molecule has 0 unspecified atom stereocenters. The molecule has 8 heteroatoms. The van der Waals surface area contributed by atoms with Gasteiger partial charge in [-0.2, -0.15) is 0 Å². The van der Waals surface area contributed by atoms with E-state index in [0.29, 0.717) is 25.4 Å². The minimum atomic E-state index is -3.64. The van der Waals surface area contributed by atoms with E-state index < -0.39 is 10.0 Å². The third kappa shape index (κ3) is 3.45. The molecule has 1 aliphatic rings. The maximum atomic E-state index is 12.3. The molecule has 7 nitrogen and oxygen atoms in total. The van der Waals surface area contributed by atoms with Gasteiger partial charge in [-0.05, 0) is 24.3 Å². The van der Waals surface area contributed by atoms with Crippen molar-refractivity contribution in [2.75, 3.05) is 25.2 Å². The number of rotatable bonds is 5. The first kappa shape index (κ1) is 15.2. The average Bonchev–Trinajstić information content (AvgIpc) is 2.46. The van der Waals surface area contributed by atoms with Crippen LogP contribution in [0.4, 0.5) is 5.69 Å². The molecule has 1 aromatic rings. The van der Waals surface area contributed by atoms with Gasteiger partial charge < -0.3 is 10.2 Å². The molecule has 4 N–H and O–H groups in total. The van der Waals surface area contributed by atoms with Gasteiger partial charge in [0, 0.05) is 32.2 Å². The molecule has 1 saturated heterocycles. The van der Waals surface area contributed by atoms with Crippen molar-refractivity contribution in [3.8, 4) is 0 Å². The van der Waals surface area contributed by atoms with E-state index in [1.165, 1.54) is 18.5 Å². The monoisotopic (exact) mass is 300 g/mol. The summed E-state index contributed by atoms with van der Waals surface area (Å²) in [5.74, 6) is 5.33. The van der Waals surface area contributed by atoms with Crippen molar-refractivity contribution < 1.29 is 13.2 Å². The Hall–Kier alpha value is -1.22. The van der Waals surface area contributed by atoms with Crippen LogP contribution in [0.1, 0.15) is 19.8 Å². The molecule has 0 amide bonds. The van der Waals surface area contributed by atoms with Gasteiger partial charge in [-0.1, -0.05) is 6.92 Å². The van der Waals surface area contributed by atoms with Crippen molar-refractivity contribution in [3.63, 3.8) is 0 Å². The third-order valence-electron chi connectivity index (χ3n) is 3.62. The summed E-state index contributed by atoms with van der Waals surface area (Å²) >= 11 is 0. The maximum absolute atomic E-state index is 12.3. The minimum absolute atomic E-state index is 0.0539. The van der Waals surface area contributed by atoms with E-state index in [1.807, 2.05) is 0 Å². The Morgan fingerprint density at radius 1 is 1.45 bits per heavy atom. The van der Waals surface area contributed by atoms with Crippen LogP contribution in [0.15, 0.2) is 23.4 Å². The summed E-state index contributed by atoms with van der Waals surface area (Å²) in [6, 6.07) is 1.52. The van der Waals surface area contributed by atoms with Crippen molar-refractivity contribution in [1.29, 1.82) is 0 Å². The fraction of sp³-hybridized carbons (Fsp3) is 0.583. The highest BCUT2D eigenvalue weighted by molar-refractivity contribution is 7.89. The smallest absolute Gasteiger partial charge is 0.244 e. The summed E-state index contributed by atoms with van der Waals surface area (Å²) in [6.07, 6.45) is 4.44. The first-order valence-electron chi connectivity index (χ1n) is 6.45. The highest BCUT2D eigenvalue weighted by Gasteiger charge is 2.30. The summed E-state index contributed by atoms with van der Waals surface area (Å²) in [4.78, 5) is 3.89. The van der Waals surface area contributed by atoms with Crippen LogP contribution < -0.4 is 16.0 Å². The quantitative estimate of drug-likeness (QED) is 0.539.